The van der Waals surface area contributed by atoms with E-state index in [2.05, 4.69) is 15.0 Å². The first kappa shape index (κ1) is 18.4. The fourth-order valence-corrected chi connectivity index (χ4v) is 2.98. The number of carbonyl (C=O) groups is 1. The Morgan fingerprint density at radius 2 is 1.97 bits per heavy atom. The largest absolute Gasteiger partial charge is 0.335 e. The highest BCUT2D eigenvalue weighted by molar-refractivity contribution is 5.91. The summed E-state index contributed by atoms with van der Waals surface area (Å²) >= 11 is 0. The summed E-state index contributed by atoms with van der Waals surface area (Å²) in [5, 5.41) is 0.532. The van der Waals surface area contributed by atoms with Crippen LogP contribution in [0.1, 0.15) is 11.4 Å². The number of nitrogens with one attached hydrogen (secondary N) is 1. The van der Waals surface area contributed by atoms with E-state index in [0.29, 0.717) is 16.7 Å². The Morgan fingerprint density at radius 1 is 1.17 bits per heavy atom. The molecule has 144 valence electrons. The molecule has 0 atom stereocenters. The number of fused-ring (bicyclic) bond motifs is 1. The number of nitrogens with zero attached hydrogens (tertiary/aromatic N) is 4. The zero-order valence-corrected chi connectivity index (χ0v) is 15.8. The summed E-state index contributed by atoms with van der Waals surface area (Å²) < 4.78 is 1.91. The first-order valence-corrected chi connectivity index (χ1v) is 9.10. The van der Waals surface area contributed by atoms with E-state index in [-0.39, 0.29) is 18.0 Å². The Morgan fingerprint density at radius 3 is 2.72 bits per heavy atom. The first-order chi connectivity index (χ1) is 14.1. The molecule has 0 radical (unpaired) electrons. The molecule has 0 aliphatic carbocycles. The van der Waals surface area contributed by atoms with Gasteiger partial charge in [-0.2, -0.15) is 0 Å². The topological polar surface area (TPSA) is 83.9 Å². The van der Waals surface area contributed by atoms with E-state index in [9.17, 15) is 9.59 Å². The highest BCUT2D eigenvalue weighted by Gasteiger charge is 2.09. The van der Waals surface area contributed by atoms with Gasteiger partial charge in [-0.3, -0.25) is 9.59 Å². The number of rotatable bonds is 5. The van der Waals surface area contributed by atoms with Crippen LogP contribution in [0.3, 0.4) is 0 Å². The van der Waals surface area contributed by atoms with Crippen LogP contribution in [0.4, 0.5) is 0 Å². The number of H-pyrrole nitrogens is 1. The average molecular weight is 385 g/mol. The number of aromatic amines is 1. The fourth-order valence-electron chi connectivity index (χ4n) is 2.98. The van der Waals surface area contributed by atoms with Gasteiger partial charge >= 0.3 is 0 Å². The van der Waals surface area contributed by atoms with Gasteiger partial charge in [0.2, 0.25) is 5.91 Å². The smallest absolute Gasteiger partial charge is 0.258 e. The normalized spacial score (nSPS) is 11.2. The molecule has 0 saturated carbocycles. The molecule has 0 aliphatic rings. The van der Waals surface area contributed by atoms with E-state index >= 15 is 0 Å². The third-order valence-electron chi connectivity index (χ3n) is 4.54. The predicted octanol–water partition coefficient (Wildman–Crippen LogP) is 2.78. The van der Waals surface area contributed by atoms with Crippen molar-refractivity contribution in [3.05, 3.63) is 95.1 Å². The number of hydrogen-bond donors (Lipinski definition) is 1. The monoisotopic (exact) mass is 385 g/mol. The number of imidazole rings is 1. The molecule has 0 aliphatic heterocycles. The van der Waals surface area contributed by atoms with Gasteiger partial charge in [-0.25, -0.2) is 9.97 Å². The van der Waals surface area contributed by atoms with Crippen molar-refractivity contribution in [1.82, 2.24) is 24.4 Å². The zero-order chi connectivity index (χ0) is 20.2. The van der Waals surface area contributed by atoms with E-state index in [1.54, 1.807) is 43.8 Å². The van der Waals surface area contributed by atoms with Crippen molar-refractivity contribution in [2.45, 2.75) is 6.54 Å². The Bertz CT molecular complexity index is 1220. The van der Waals surface area contributed by atoms with Crippen LogP contribution >= 0.6 is 0 Å². The maximum absolute atomic E-state index is 12.4. The van der Waals surface area contributed by atoms with Crippen molar-refractivity contribution in [1.29, 1.82) is 0 Å². The number of aromatic nitrogens is 4. The molecular weight excluding hydrogens is 366 g/mol. The van der Waals surface area contributed by atoms with Gasteiger partial charge in [0, 0.05) is 31.2 Å². The van der Waals surface area contributed by atoms with Crippen molar-refractivity contribution in [2.75, 3.05) is 7.05 Å². The van der Waals surface area contributed by atoms with Crippen molar-refractivity contribution >= 4 is 22.9 Å². The summed E-state index contributed by atoms with van der Waals surface area (Å²) in [5.41, 5.74) is 2.31. The van der Waals surface area contributed by atoms with Crippen LogP contribution in [-0.4, -0.2) is 37.4 Å². The van der Waals surface area contributed by atoms with Crippen LogP contribution in [0, 0.1) is 0 Å². The number of likely N-dealkylation sites (N-methyl/N-ethyl adjacent to an activating group) is 1. The second kappa shape index (κ2) is 7.93. The molecule has 7 nitrogen and oxygen atoms in total. The van der Waals surface area contributed by atoms with Gasteiger partial charge in [-0.15, -0.1) is 0 Å². The van der Waals surface area contributed by atoms with Crippen LogP contribution in [0.2, 0.25) is 0 Å². The van der Waals surface area contributed by atoms with Crippen molar-refractivity contribution in [3.63, 3.8) is 0 Å². The zero-order valence-electron chi connectivity index (χ0n) is 15.8. The van der Waals surface area contributed by atoms with Gasteiger partial charge in [0.05, 0.1) is 23.8 Å². The molecule has 4 aromatic rings. The van der Waals surface area contributed by atoms with Crippen LogP contribution in [0.15, 0.2) is 78.1 Å². The second-order valence-electron chi connectivity index (χ2n) is 6.62. The summed E-state index contributed by atoms with van der Waals surface area (Å²) in [6.45, 7) is 0.211. The lowest BCUT2D eigenvalue weighted by Crippen LogP contribution is -2.26. The summed E-state index contributed by atoms with van der Waals surface area (Å²) in [7, 11) is 1.67. The second-order valence-corrected chi connectivity index (χ2v) is 6.62. The summed E-state index contributed by atoms with van der Waals surface area (Å²) in [6, 6.07) is 14.9. The Labute approximate surface area is 167 Å². The van der Waals surface area contributed by atoms with Gasteiger partial charge in [0.1, 0.15) is 5.82 Å². The third kappa shape index (κ3) is 4.14. The van der Waals surface area contributed by atoms with Gasteiger partial charge in [0.15, 0.2) is 0 Å². The van der Waals surface area contributed by atoms with E-state index in [1.165, 1.54) is 11.0 Å². The molecule has 0 fully saturated rings. The van der Waals surface area contributed by atoms with Gasteiger partial charge < -0.3 is 14.5 Å². The predicted molar refractivity (Wildman–Crippen MR) is 111 cm³/mol. The fraction of sp³-hybridized carbons (Fsp3) is 0.0909. The van der Waals surface area contributed by atoms with E-state index in [4.69, 9.17) is 0 Å². The molecular formula is C22H19N5O2. The molecule has 2 aromatic carbocycles. The van der Waals surface area contributed by atoms with Crippen molar-refractivity contribution in [2.24, 2.45) is 0 Å². The Kier molecular flexibility index (Phi) is 5.03. The highest BCUT2D eigenvalue weighted by atomic mass is 16.2. The lowest BCUT2D eigenvalue weighted by molar-refractivity contribution is -0.125. The van der Waals surface area contributed by atoms with Crippen LogP contribution in [-0.2, 0) is 11.3 Å². The van der Waals surface area contributed by atoms with E-state index in [0.717, 1.165) is 11.3 Å². The minimum Gasteiger partial charge on any atom is -0.335 e. The van der Waals surface area contributed by atoms with Gasteiger partial charge in [-0.05, 0) is 35.9 Å². The minimum atomic E-state index is -0.208. The Balaban J connectivity index is 1.43. The average Bonchev–Trinajstić information content (AvgIpc) is 3.27. The van der Waals surface area contributed by atoms with Crippen molar-refractivity contribution < 1.29 is 4.79 Å². The SMILES string of the molecule is CN(Cc1nc2ccccc2c(=O)[nH]1)C(=O)C=Cc1ccc(-n2ccnc2)cc1. The quantitative estimate of drug-likeness (QED) is 0.536. The van der Waals surface area contributed by atoms with Crippen LogP contribution in [0.25, 0.3) is 22.7 Å². The molecule has 4 rings (SSSR count). The molecule has 2 heterocycles. The van der Waals surface area contributed by atoms with Gasteiger partial charge in [-0.1, -0.05) is 24.3 Å². The number of carbonyl (C=O) groups excluding carboxylic acids is 1. The number of hydrogen-bond acceptors (Lipinski definition) is 4. The maximum Gasteiger partial charge on any atom is 0.258 e. The number of para-hydroxylation sites is 1. The van der Waals surface area contributed by atoms with Gasteiger partial charge in [0.25, 0.3) is 5.56 Å². The highest BCUT2D eigenvalue weighted by Crippen LogP contribution is 2.11. The molecule has 7 heteroatoms. The summed E-state index contributed by atoms with van der Waals surface area (Å²) in [6.07, 6.45) is 8.58. The lowest BCUT2D eigenvalue weighted by Gasteiger charge is -2.14. The number of benzene rings is 2. The first-order valence-electron chi connectivity index (χ1n) is 9.10. The third-order valence-corrected chi connectivity index (χ3v) is 4.54. The molecule has 0 unspecified atom stereocenters. The number of amides is 1. The van der Waals surface area contributed by atoms with E-state index in [1.807, 2.05) is 41.1 Å². The molecule has 0 saturated heterocycles. The summed E-state index contributed by atoms with van der Waals surface area (Å²) in [4.78, 5) is 37.3. The molecule has 0 spiro atoms. The molecule has 2 aromatic heterocycles. The molecule has 0 bridgehead atoms. The maximum atomic E-state index is 12.4. The molecule has 29 heavy (non-hydrogen) atoms. The minimum absolute atomic E-state index is 0.181. The van der Waals surface area contributed by atoms with E-state index < -0.39 is 0 Å². The van der Waals surface area contributed by atoms with Crippen LogP contribution in [0.5, 0.6) is 0 Å². The van der Waals surface area contributed by atoms with Crippen molar-refractivity contribution in [3.8, 4) is 5.69 Å². The molecule has 1 N–H and O–H groups in total. The molecule has 1 amide bonds. The summed E-state index contributed by atoms with van der Waals surface area (Å²) in [5.74, 6) is 0.266. The lowest BCUT2D eigenvalue weighted by atomic mass is 10.2. The van der Waals surface area contributed by atoms with Crippen LogP contribution < -0.4 is 5.56 Å². The Hall–Kier alpha value is -4.00. The standard InChI is InChI=1S/C22H19N5O2/c1-26(14-20-24-19-5-3-2-4-18(19)22(29)25-20)21(28)11-8-16-6-9-17(10-7-16)27-13-12-23-15-27/h2-13,15H,14H2,1H3,(H,24,25,29).